The number of carbonyl (C=O) groups excluding carboxylic acids is 1. The van der Waals surface area contributed by atoms with Crippen LogP contribution in [0.5, 0.6) is 0 Å². The summed E-state index contributed by atoms with van der Waals surface area (Å²) in [5.41, 5.74) is 2.65. The van der Waals surface area contributed by atoms with E-state index >= 15 is 0 Å². The number of carbonyl (C=O) groups is 1. The Morgan fingerprint density at radius 3 is 2.67 bits per heavy atom. The van der Waals surface area contributed by atoms with E-state index in [1.165, 1.54) is 0 Å². The second-order valence-electron chi connectivity index (χ2n) is 4.13. The summed E-state index contributed by atoms with van der Waals surface area (Å²) >= 11 is 5.90. The number of aromatic nitrogens is 1. The third-order valence-electron chi connectivity index (χ3n) is 2.82. The molecule has 0 unspecified atom stereocenters. The lowest BCUT2D eigenvalue weighted by Gasteiger charge is -2.07. The quantitative estimate of drug-likeness (QED) is 0.903. The van der Waals surface area contributed by atoms with Crippen LogP contribution in [0.15, 0.2) is 22.7 Å². The SMILES string of the molecule is Cc1ccc(Cl)cc1NC(=O)c1noc(C)c1C. The van der Waals surface area contributed by atoms with Crippen LogP contribution < -0.4 is 5.32 Å². The van der Waals surface area contributed by atoms with Crippen molar-refractivity contribution in [2.75, 3.05) is 5.32 Å². The lowest BCUT2D eigenvalue weighted by molar-refractivity contribution is 0.101. The van der Waals surface area contributed by atoms with Gasteiger partial charge in [0.25, 0.3) is 5.91 Å². The Balaban J connectivity index is 2.27. The molecular formula is C13H13ClN2O2. The molecule has 1 amide bonds. The molecule has 4 nitrogen and oxygen atoms in total. The minimum Gasteiger partial charge on any atom is -0.361 e. The summed E-state index contributed by atoms with van der Waals surface area (Å²) in [7, 11) is 0. The number of amides is 1. The number of nitrogens with zero attached hydrogens (tertiary/aromatic N) is 1. The minimum atomic E-state index is -0.297. The van der Waals surface area contributed by atoms with Crippen molar-refractivity contribution in [3.8, 4) is 0 Å². The number of rotatable bonds is 2. The highest BCUT2D eigenvalue weighted by molar-refractivity contribution is 6.31. The fourth-order valence-corrected chi connectivity index (χ4v) is 1.71. The number of hydrogen-bond donors (Lipinski definition) is 1. The van der Waals surface area contributed by atoms with E-state index in [1.807, 2.05) is 13.0 Å². The molecule has 2 aromatic rings. The first-order valence-corrected chi connectivity index (χ1v) is 5.87. The summed E-state index contributed by atoms with van der Waals surface area (Å²) in [6.45, 7) is 5.46. The number of aryl methyl sites for hydroxylation is 2. The molecule has 2 rings (SSSR count). The number of benzene rings is 1. The second kappa shape index (κ2) is 4.82. The van der Waals surface area contributed by atoms with E-state index in [1.54, 1.807) is 26.0 Å². The molecule has 0 saturated carbocycles. The van der Waals surface area contributed by atoms with Gasteiger partial charge in [0, 0.05) is 16.3 Å². The molecule has 0 atom stereocenters. The van der Waals surface area contributed by atoms with Gasteiger partial charge >= 0.3 is 0 Å². The lowest BCUT2D eigenvalue weighted by Crippen LogP contribution is -2.14. The van der Waals surface area contributed by atoms with Gasteiger partial charge in [0.05, 0.1) is 0 Å². The Bertz CT molecular complexity index is 605. The van der Waals surface area contributed by atoms with Crippen molar-refractivity contribution < 1.29 is 9.32 Å². The highest BCUT2D eigenvalue weighted by Gasteiger charge is 2.17. The number of halogens is 1. The van der Waals surface area contributed by atoms with Crippen LogP contribution >= 0.6 is 11.6 Å². The monoisotopic (exact) mass is 264 g/mol. The van der Waals surface area contributed by atoms with E-state index in [9.17, 15) is 4.79 Å². The number of hydrogen-bond acceptors (Lipinski definition) is 3. The lowest BCUT2D eigenvalue weighted by atomic mass is 10.2. The van der Waals surface area contributed by atoms with Crippen LogP contribution in [0.25, 0.3) is 0 Å². The van der Waals surface area contributed by atoms with Crippen molar-refractivity contribution >= 4 is 23.2 Å². The maximum Gasteiger partial charge on any atom is 0.278 e. The molecule has 1 aromatic heterocycles. The fourth-order valence-electron chi connectivity index (χ4n) is 1.54. The van der Waals surface area contributed by atoms with Gasteiger partial charge in [0.15, 0.2) is 5.69 Å². The average Bonchev–Trinajstić information content (AvgIpc) is 2.65. The van der Waals surface area contributed by atoms with Gasteiger partial charge in [-0.3, -0.25) is 4.79 Å². The van der Waals surface area contributed by atoms with Gasteiger partial charge in [0.2, 0.25) is 0 Å². The molecule has 0 bridgehead atoms. The average molecular weight is 265 g/mol. The highest BCUT2D eigenvalue weighted by atomic mass is 35.5. The Kier molecular flexibility index (Phi) is 3.39. The molecule has 18 heavy (non-hydrogen) atoms. The second-order valence-corrected chi connectivity index (χ2v) is 4.56. The molecule has 1 heterocycles. The van der Waals surface area contributed by atoms with Crippen LogP contribution in [0.2, 0.25) is 5.02 Å². The van der Waals surface area contributed by atoms with Gasteiger partial charge in [0.1, 0.15) is 5.76 Å². The van der Waals surface area contributed by atoms with Crippen LogP contribution in [0, 0.1) is 20.8 Å². The first-order chi connectivity index (χ1) is 8.49. The third-order valence-corrected chi connectivity index (χ3v) is 3.06. The highest BCUT2D eigenvalue weighted by Crippen LogP contribution is 2.21. The summed E-state index contributed by atoms with van der Waals surface area (Å²) in [5, 5.41) is 7.09. The van der Waals surface area contributed by atoms with Crippen molar-refractivity contribution in [2.24, 2.45) is 0 Å². The fraction of sp³-hybridized carbons (Fsp3) is 0.231. The smallest absolute Gasteiger partial charge is 0.278 e. The zero-order chi connectivity index (χ0) is 13.3. The molecule has 1 aromatic carbocycles. The third kappa shape index (κ3) is 2.38. The van der Waals surface area contributed by atoms with Gasteiger partial charge in [-0.25, -0.2) is 0 Å². The van der Waals surface area contributed by atoms with Crippen molar-refractivity contribution in [3.63, 3.8) is 0 Å². The van der Waals surface area contributed by atoms with Crippen molar-refractivity contribution in [1.29, 1.82) is 0 Å². The molecule has 0 aliphatic carbocycles. The summed E-state index contributed by atoms with van der Waals surface area (Å²) < 4.78 is 4.97. The van der Waals surface area contributed by atoms with E-state index < -0.39 is 0 Å². The van der Waals surface area contributed by atoms with E-state index in [4.69, 9.17) is 16.1 Å². The molecule has 0 radical (unpaired) electrons. The van der Waals surface area contributed by atoms with E-state index in [0.717, 1.165) is 11.1 Å². The molecule has 1 N–H and O–H groups in total. The molecule has 5 heteroatoms. The molecular weight excluding hydrogens is 252 g/mol. The van der Waals surface area contributed by atoms with Gasteiger partial charge < -0.3 is 9.84 Å². The van der Waals surface area contributed by atoms with Crippen LogP contribution in [-0.2, 0) is 0 Å². The molecule has 0 aliphatic rings. The number of anilines is 1. The van der Waals surface area contributed by atoms with Crippen LogP contribution in [0.1, 0.15) is 27.4 Å². The predicted molar refractivity (Wildman–Crippen MR) is 70.1 cm³/mol. The zero-order valence-electron chi connectivity index (χ0n) is 10.4. The summed E-state index contributed by atoms with van der Waals surface area (Å²) in [5.74, 6) is 0.345. The molecule has 0 fully saturated rings. The normalized spacial score (nSPS) is 10.4. The summed E-state index contributed by atoms with van der Waals surface area (Å²) in [4.78, 5) is 12.0. The van der Waals surface area contributed by atoms with E-state index in [2.05, 4.69) is 10.5 Å². The van der Waals surface area contributed by atoms with Gasteiger partial charge in [-0.05, 0) is 38.5 Å². The Morgan fingerprint density at radius 1 is 1.33 bits per heavy atom. The first-order valence-electron chi connectivity index (χ1n) is 5.49. The van der Waals surface area contributed by atoms with Crippen molar-refractivity contribution in [1.82, 2.24) is 5.16 Å². The van der Waals surface area contributed by atoms with Gasteiger partial charge in [-0.1, -0.05) is 22.8 Å². The Labute approximate surface area is 110 Å². The topological polar surface area (TPSA) is 55.1 Å². The molecule has 0 saturated heterocycles. The van der Waals surface area contributed by atoms with E-state index in [-0.39, 0.29) is 5.91 Å². The van der Waals surface area contributed by atoms with Gasteiger partial charge in [-0.2, -0.15) is 0 Å². The van der Waals surface area contributed by atoms with Gasteiger partial charge in [-0.15, -0.1) is 0 Å². The molecule has 0 spiro atoms. The van der Waals surface area contributed by atoms with Crippen LogP contribution in [-0.4, -0.2) is 11.1 Å². The Hall–Kier alpha value is -1.81. The standard InChI is InChI=1S/C13H13ClN2O2/c1-7-4-5-10(14)6-11(7)15-13(17)12-8(2)9(3)18-16-12/h4-6H,1-3H3,(H,15,17). The van der Waals surface area contributed by atoms with Crippen LogP contribution in [0.4, 0.5) is 5.69 Å². The maximum atomic E-state index is 12.0. The number of nitrogens with one attached hydrogen (secondary N) is 1. The summed E-state index contributed by atoms with van der Waals surface area (Å²) in [6, 6.07) is 5.33. The summed E-state index contributed by atoms with van der Waals surface area (Å²) in [6.07, 6.45) is 0. The predicted octanol–water partition coefficient (Wildman–Crippen LogP) is 3.51. The van der Waals surface area contributed by atoms with E-state index in [0.29, 0.717) is 22.2 Å². The largest absolute Gasteiger partial charge is 0.361 e. The zero-order valence-corrected chi connectivity index (χ0v) is 11.1. The van der Waals surface area contributed by atoms with Crippen molar-refractivity contribution in [3.05, 3.63) is 45.8 Å². The maximum absolute atomic E-state index is 12.0. The minimum absolute atomic E-state index is 0.297. The first kappa shape index (κ1) is 12.6. The van der Waals surface area contributed by atoms with Crippen LogP contribution in [0.3, 0.4) is 0 Å². The molecule has 94 valence electrons. The molecule has 0 aliphatic heterocycles. The van der Waals surface area contributed by atoms with Crippen molar-refractivity contribution in [2.45, 2.75) is 20.8 Å². The Morgan fingerprint density at radius 2 is 2.06 bits per heavy atom.